The highest BCUT2D eigenvalue weighted by atomic mass is 35.5. The number of thioether (sulfide) groups is 2. The molecule has 0 aromatic carbocycles. The number of rotatable bonds is 3. The number of nitrogens with zero attached hydrogens (tertiary/aromatic N) is 3. The van der Waals surface area contributed by atoms with Crippen LogP contribution in [-0.2, 0) is 0 Å². The van der Waals surface area contributed by atoms with Crippen molar-refractivity contribution in [3.63, 3.8) is 0 Å². The predicted octanol–water partition coefficient (Wildman–Crippen LogP) is 2.52. The molecule has 2 heterocycles. The zero-order valence-electron chi connectivity index (χ0n) is 11.3. The molecule has 22 heavy (non-hydrogen) atoms. The average molecular weight is 381 g/mol. The van der Waals surface area contributed by atoms with Crippen LogP contribution in [0.2, 0.25) is 10.3 Å². The summed E-state index contributed by atoms with van der Waals surface area (Å²) in [7, 11) is 0. The zero-order chi connectivity index (χ0) is 16.7. The van der Waals surface area contributed by atoms with E-state index < -0.39 is 0 Å². The second-order valence-corrected chi connectivity index (χ2v) is 5.72. The highest BCUT2D eigenvalue weighted by Gasteiger charge is 2.09. The molecule has 0 aliphatic rings. The quantitative estimate of drug-likeness (QED) is 0.361. The van der Waals surface area contributed by atoms with E-state index in [9.17, 15) is 9.59 Å². The lowest BCUT2D eigenvalue weighted by atomic mass is 10.4. The normalized spacial score (nSPS) is 9.82. The minimum Gasteiger partial charge on any atom is -0.493 e. The van der Waals surface area contributed by atoms with E-state index in [1.54, 1.807) is 12.5 Å². The SMILES string of the molecule is CSc1nc(Cl)c(C=O)c(Cl)n1.CSc1nc(O)cc(=O)[nH]1. The van der Waals surface area contributed by atoms with E-state index in [0.717, 1.165) is 6.07 Å². The van der Waals surface area contributed by atoms with Gasteiger partial charge in [0.05, 0.1) is 11.6 Å². The van der Waals surface area contributed by atoms with Gasteiger partial charge in [-0.25, -0.2) is 9.97 Å². The monoisotopic (exact) mass is 380 g/mol. The first-order chi connectivity index (χ1) is 10.4. The van der Waals surface area contributed by atoms with E-state index in [2.05, 4.69) is 19.9 Å². The second kappa shape index (κ2) is 8.99. The summed E-state index contributed by atoms with van der Waals surface area (Å²) < 4.78 is 0. The summed E-state index contributed by atoms with van der Waals surface area (Å²) in [4.78, 5) is 34.7. The lowest BCUT2D eigenvalue weighted by Gasteiger charge is -1.99. The summed E-state index contributed by atoms with van der Waals surface area (Å²) in [6, 6.07) is 1.03. The summed E-state index contributed by atoms with van der Waals surface area (Å²) in [6.07, 6.45) is 4.09. The maximum Gasteiger partial charge on any atom is 0.255 e. The molecule has 0 saturated heterocycles. The largest absolute Gasteiger partial charge is 0.493 e. The molecule has 0 amide bonds. The number of halogens is 2. The third kappa shape index (κ3) is 5.48. The number of aromatic amines is 1. The van der Waals surface area contributed by atoms with E-state index in [4.69, 9.17) is 28.3 Å². The Morgan fingerprint density at radius 3 is 2.18 bits per heavy atom. The molecule has 2 aromatic heterocycles. The summed E-state index contributed by atoms with van der Waals surface area (Å²) in [6.45, 7) is 0. The smallest absolute Gasteiger partial charge is 0.255 e. The van der Waals surface area contributed by atoms with Gasteiger partial charge in [0.2, 0.25) is 5.88 Å². The van der Waals surface area contributed by atoms with Gasteiger partial charge in [-0.3, -0.25) is 9.59 Å². The molecule has 0 atom stereocenters. The van der Waals surface area contributed by atoms with Gasteiger partial charge in [0.1, 0.15) is 10.3 Å². The fourth-order valence-electron chi connectivity index (χ4n) is 1.11. The molecule has 0 aliphatic carbocycles. The third-order valence-corrected chi connectivity index (χ3v) is 3.74. The summed E-state index contributed by atoms with van der Waals surface area (Å²) in [5.74, 6) is -0.242. The van der Waals surface area contributed by atoms with Crippen LogP contribution in [0.1, 0.15) is 10.4 Å². The van der Waals surface area contributed by atoms with Crippen molar-refractivity contribution in [3.8, 4) is 5.88 Å². The van der Waals surface area contributed by atoms with Crippen LogP contribution in [0.5, 0.6) is 5.88 Å². The van der Waals surface area contributed by atoms with E-state index in [0.29, 0.717) is 16.6 Å². The van der Waals surface area contributed by atoms with E-state index in [-0.39, 0.29) is 27.3 Å². The van der Waals surface area contributed by atoms with Gasteiger partial charge >= 0.3 is 0 Å². The fraction of sp³-hybridized carbons (Fsp3) is 0.182. The van der Waals surface area contributed by atoms with Gasteiger partial charge in [0.15, 0.2) is 16.6 Å². The van der Waals surface area contributed by atoms with Crippen LogP contribution in [0, 0.1) is 0 Å². The molecule has 0 spiro atoms. The molecule has 11 heteroatoms. The molecule has 0 radical (unpaired) electrons. The molecular weight excluding hydrogens is 371 g/mol. The molecule has 0 unspecified atom stereocenters. The molecule has 2 rings (SSSR count). The minimum atomic E-state index is -0.336. The predicted molar refractivity (Wildman–Crippen MR) is 87.5 cm³/mol. The summed E-state index contributed by atoms with van der Waals surface area (Å²) in [5, 5.41) is 9.84. The number of aldehydes is 1. The highest BCUT2D eigenvalue weighted by molar-refractivity contribution is 7.98. The number of hydrogen-bond acceptors (Lipinski definition) is 8. The molecule has 0 bridgehead atoms. The number of carbonyl (C=O) groups excluding carboxylic acids is 1. The van der Waals surface area contributed by atoms with Gasteiger partial charge in [-0.2, -0.15) is 4.98 Å². The van der Waals surface area contributed by atoms with Gasteiger partial charge in [-0.15, -0.1) is 0 Å². The van der Waals surface area contributed by atoms with Crippen LogP contribution < -0.4 is 5.56 Å². The standard InChI is InChI=1S/C6H4Cl2N2OS.C5H6N2O2S/c1-12-6-9-4(7)3(2-11)5(8)10-6;1-10-5-6-3(8)2-4(9)7-5/h2H,1H3;2H,1H3,(H2,6,7,8,9). The Morgan fingerprint density at radius 1 is 1.18 bits per heavy atom. The number of carbonyl (C=O) groups is 1. The van der Waals surface area contributed by atoms with Crippen molar-refractivity contribution in [2.24, 2.45) is 0 Å². The van der Waals surface area contributed by atoms with Crippen molar-refractivity contribution in [2.75, 3.05) is 12.5 Å². The van der Waals surface area contributed by atoms with Gasteiger partial charge in [0, 0.05) is 0 Å². The Hall–Kier alpha value is -1.29. The van der Waals surface area contributed by atoms with Gasteiger partial charge < -0.3 is 10.1 Å². The maximum atomic E-state index is 10.6. The molecule has 0 aliphatic heterocycles. The maximum absolute atomic E-state index is 10.6. The van der Waals surface area contributed by atoms with Crippen molar-refractivity contribution < 1.29 is 9.90 Å². The van der Waals surface area contributed by atoms with Crippen molar-refractivity contribution in [3.05, 3.63) is 32.3 Å². The number of nitrogens with one attached hydrogen (secondary N) is 1. The van der Waals surface area contributed by atoms with Crippen LogP contribution in [-0.4, -0.2) is 43.8 Å². The lowest BCUT2D eigenvalue weighted by Crippen LogP contribution is -2.05. The van der Waals surface area contributed by atoms with Gasteiger partial charge in [-0.1, -0.05) is 46.7 Å². The van der Waals surface area contributed by atoms with Crippen LogP contribution in [0.15, 0.2) is 21.2 Å². The Labute approximate surface area is 143 Å². The molecule has 2 aromatic rings. The second-order valence-electron chi connectivity index (χ2n) is 3.44. The molecular formula is C11H10Cl2N4O3S2. The molecule has 0 saturated carbocycles. The van der Waals surface area contributed by atoms with Crippen molar-refractivity contribution >= 4 is 53.0 Å². The number of aromatic nitrogens is 4. The molecule has 0 fully saturated rings. The Bertz CT molecular complexity index is 704. The van der Waals surface area contributed by atoms with Crippen LogP contribution in [0.25, 0.3) is 0 Å². The van der Waals surface area contributed by atoms with E-state index in [1.807, 2.05) is 0 Å². The molecule has 2 N–H and O–H groups in total. The average Bonchev–Trinajstić information content (AvgIpc) is 2.46. The third-order valence-electron chi connectivity index (χ3n) is 2.03. The number of hydrogen-bond donors (Lipinski definition) is 2. The van der Waals surface area contributed by atoms with E-state index >= 15 is 0 Å². The van der Waals surface area contributed by atoms with Crippen molar-refractivity contribution in [1.29, 1.82) is 0 Å². The molecule has 7 nitrogen and oxygen atoms in total. The minimum absolute atomic E-state index is 0.0920. The lowest BCUT2D eigenvalue weighted by molar-refractivity contribution is 0.112. The number of H-pyrrole nitrogens is 1. The first-order valence-electron chi connectivity index (χ1n) is 5.47. The summed E-state index contributed by atoms with van der Waals surface area (Å²) in [5.41, 5.74) is -0.201. The highest BCUT2D eigenvalue weighted by Crippen LogP contribution is 2.22. The Kier molecular flexibility index (Phi) is 7.66. The fourth-order valence-corrected chi connectivity index (χ4v) is 2.44. The zero-order valence-corrected chi connectivity index (χ0v) is 14.5. The van der Waals surface area contributed by atoms with Gasteiger partial charge in [0.25, 0.3) is 5.56 Å². The number of aromatic hydroxyl groups is 1. The van der Waals surface area contributed by atoms with Crippen LogP contribution in [0.4, 0.5) is 0 Å². The first-order valence-corrected chi connectivity index (χ1v) is 8.68. The van der Waals surface area contributed by atoms with Crippen LogP contribution >= 0.6 is 46.7 Å². The Morgan fingerprint density at radius 2 is 1.77 bits per heavy atom. The Balaban J connectivity index is 0.000000224. The van der Waals surface area contributed by atoms with E-state index in [1.165, 1.54) is 23.5 Å². The van der Waals surface area contributed by atoms with Crippen molar-refractivity contribution in [1.82, 2.24) is 19.9 Å². The topological polar surface area (TPSA) is 109 Å². The molecule has 118 valence electrons. The van der Waals surface area contributed by atoms with Crippen molar-refractivity contribution in [2.45, 2.75) is 10.3 Å². The summed E-state index contributed by atoms with van der Waals surface area (Å²) >= 11 is 13.8. The van der Waals surface area contributed by atoms with Crippen LogP contribution in [0.3, 0.4) is 0 Å². The van der Waals surface area contributed by atoms with Gasteiger partial charge in [-0.05, 0) is 12.5 Å². The first kappa shape index (κ1) is 18.8.